The van der Waals surface area contributed by atoms with Crippen molar-refractivity contribution in [2.24, 2.45) is 5.92 Å². The summed E-state index contributed by atoms with van der Waals surface area (Å²) >= 11 is 5.97. The van der Waals surface area contributed by atoms with E-state index < -0.39 is 9.84 Å². The average Bonchev–Trinajstić information content (AvgIpc) is 3.22. The largest absolute Gasteiger partial charge is 0.335 e. The number of rotatable bonds is 6. The van der Waals surface area contributed by atoms with E-state index in [1.165, 1.54) is 6.07 Å². The van der Waals surface area contributed by atoms with E-state index in [-0.39, 0.29) is 29.3 Å². The number of urea groups is 1. The first-order valence-corrected chi connectivity index (χ1v) is 9.45. The van der Waals surface area contributed by atoms with E-state index in [1.54, 1.807) is 19.1 Å². The number of amides is 2. The van der Waals surface area contributed by atoms with Crippen molar-refractivity contribution in [1.82, 2.24) is 10.6 Å². The average molecular weight is 345 g/mol. The molecule has 0 unspecified atom stereocenters. The SMILES string of the molecule is CC[C@@H]1C[C@H]1NC(=O)NCc1cc(Cl)cc(S(=O)(=O)CC)c1. The zero-order valence-electron chi connectivity index (χ0n) is 12.7. The number of sulfone groups is 1. The summed E-state index contributed by atoms with van der Waals surface area (Å²) in [6.07, 6.45) is 2.09. The van der Waals surface area contributed by atoms with Crippen LogP contribution in [-0.4, -0.2) is 26.2 Å². The topological polar surface area (TPSA) is 75.3 Å². The Morgan fingerprint density at radius 1 is 1.32 bits per heavy atom. The monoisotopic (exact) mass is 344 g/mol. The Kier molecular flexibility index (Phi) is 5.34. The van der Waals surface area contributed by atoms with E-state index in [9.17, 15) is 13.2 Å². The lowest BCUT2D eigenvalue weighted by molar-refractivity contribution is 0.239. The third-order valence-corrected chi connectivity index (χ3v) is 5.82. The van der Waals surface area contributed by atoms with Crippen LogP contribution in [0.3, 0.4) is 0 Å². The van der Waals surface area contributed by atoms with Gasteiger partial charge in [-0.25, -0.2) is 13.2 Å². The molecule has 1 aromatic carbocycles. The Labute approximate surface area is 136 Å². The fraction of sp³-hybridized carbons (Fsp3) is 0.533. The minimum Gasteiger partial charge on any atom is -0.335 e. The van der Waals surface area contributed by atoms with Gasteiger partial charge in [0.25, 0.3) is 0 Å². The third kappa shape index (κ3) is 4.36. The Hall–Kier alpha value is -1.27. The number of carbonyl (C=O) groups excluding carboxylic acids is 1. The van der Waals surface area contributed by atoms with E-state index in [4.69, 9.17) is 11.6 Å². The number of halogens is 1. The van der Waals surface area contributed by atoms with Gasteiger partial charge in [-0.3, -0.25) is 0 Å². The van der Waals surface area contributed by atoms with Crippen molar-refractivity contribution < 1.29 is 13.2 Å². The predicted molar refractivity (Wildman–Crippen MR) is 86.7 cm³/mol. The van der Waals surface area contributed by atoms with Crippen LogP contribution in [0.1, 0.15) is 32.3 Å². The first-order chi connectivity index (χ1) is 10.4. The molecule has 5 nitrogen and oxygen atoms in total. The molecule has 2 rings (SSSR count). The summed E-state index contributed by atoms with van der Waals surface area (Å²) < 4.78 is 23.8. The predicted octanol–water partition coefficient (Wildman–Crippen LogP) is 2.73. The molecule has 1 aliphatic carbocycles. The van der Waals surface area contributed by atoms with Crippen LogP contribution in [0.2, 0.25) is 5.02 Å². The van der Waals surface area contributed by atoms with Crippen LogP contribution < -0.4 is 10.6 Å². The lowest BCUT2D eigenvalue weighted by Gasteiger charge is -2.09. The Balaban J connectivity index is 1.97. The van der Waals surface area contributed by atoms with Crippen molar-refractivity contribution in [3.8, 4) is 0 Å². The highest BCUT2D eigenvalue weighted by Crippen LogP contribution is 2.32. The van der Waals surface area contributed by atoms with Crippen LogP contribution in [0, 0.1) is 5.92 Å². The van der Waals surface area contributed by atoms with Crippen LogP contribution in [0.15, 0.2) is 23.1 Å². The van der Waals surface area contributed by atoms with E-state index in [0.717, 1.165) is 12.8 Å². The van der Waals surface area contributed by atoms with Gasteiger partial charge in [-0.05, 0) is 36.1 Å². The summed E-state index contributed by atoms with van der Waals surface area (Å²) in [6, 6.07) is 4.67. The van der Waals surface area contributed by atoms with Gasteiger partial charge in [0.2, 0.25) is 0 Å². The van der Waals surface area contributed by atoms with Gasteiger partial charge in [0, 0.05) is 17.6 Å². The van der Waals surface area contributed by atoms with E-state index in [0.29, 0.717) is 16.5 Å². The summed E-state index contributed by atoms with van der Waals surface area (Å²) in [6.45, 7) is 3.93. The maximum atomic E-state index is 11.9. The molecule has 0 aromatic heterocycles. The van der Waals surface area contributed by atoms with Crippen molar-refractivity contribution in [3.63, 3.8) is 0 Å². The van der Waals surface area contributed by atoms with Crippen LogP contribution in [0.4, 0.5) is 4.79 Å². The van der Waals surface area contributed by atoms with Gasteiger partial charge < -0.3 is 10.6 Å². The van der Waals surface area contributed by atoms with Crippen LogP contribution in [0.25, 0.3) is 0 Å². The second-order valence-corrected chi connectivity index (χ2v) is 8.25. The normalized spacial score (nSPS) is 20.5. The molecule has 1 saturated carbocycles. The maximum Gasteiger partial charge on any atom is 0.315 e. The van der Waals surface area contributed by atoms with Gasteiger partial charge in [0.05, 0.1) is 10.6 Å². The number of hydrogen-bond acceptors (Lipinski definition) is 3. The van der Waals surface area contributed by atoms with Crippen molar-refractivity contribution >= 4 is 27.5 Å². The molecule has 1 aliphatic rings. The summed E-state index contributed by atoms with van der Waals surface area (Å²) in [5.41, 5.74) is 0.664. The van der Waals surface area contributed by atoms with E-state index in [2.05, 4.69) is 17.6 Å². The molecule has 2 N–H and O–H groups in total. The van der Waals surface area contributed by atoms with Crippen LogP contribution in [-0.2, 0) is 16.4 Å². The smallest absolute Gasteiger partial charge is 0.315 e. The van der Waals surface area contributed by atoms with Gasteiger partial charge >= 0.3 is 6.03 Å². The number of benzene rings is 1. The Bertz CT molecular complexity index is 661. The van der Waals surface area contributed by atoms with Crippen molar-refractivity contribution in [3.05, 3.63) is 28.8 Å². The Morgan fingerprint density at radius 3 is 2.64 bits per heavy atom. The maximum absolute atomic E-state index is 11.9. The molecule has 0 spiro atoms. The fourth-order valence-electron chi connectivity index (χ4n) is 2.35. The molecule has 1 fully saturated rings. The number of carbonyl (C=O) groups is 1. The quantitative estimate of drug-likeness (QED) is 0.833. The third-order valence-electron chi connectivity index (χ3n) is 3.89. The molecule has 0 aliphatic heterocycles. The van der Waals surface area contributed by atoms with Crippen molar-refractivity contribution in [2.45, 2.75) is 44.2 Å². The Morgan fingerprint density at radius 2 is 2.05 bits per heavy atom. The standard InChI is InChI=1S/C15H21ClN2O3S/c1-3-11-7-14(11)18-15(19)17-9-10-5-12(16)8-13(6-10)22(20,21)4-2/h5-6,8,11,14H,3-4,7,9H2,1-2H3,(H2,17,18,19)/t11-,14-/m1/s1. The molecule has 1 aromatic rings. The first-order valence-electron chi connectivity index (χ1n) is 7.42. The fourth-order valence-corrected chi connectivity index (χ4v) is 3.64. The molecule has 0 radical (unpaired) electrons. The zero-order valence-corrected chi connectivity index (χ0v) is 14.3. The molecular weight excluding hydrogens is 324 g/mol. The second kappa shape index (κ2) is 6.87. The van der Waals surface area contributed by atoms with E-state index >= 15 is 0 Å². The van der Waals surface area contributed by atoms with E-state index in [1.807, 2.05) is 0 Å². The highest BCUT2D eigenvalue weighted by Gasteiger charge is 2.36. The molecule has 7 heteroatoms. The van der Waals surface area contributed by atoms with Gasteiger partial charge in [0.1, 0.15) is 0 Å². The van der Waals surface area contributed by atoms with Gasteiger partial charge in [-0.1, -0.05) is 31.9 Å². The first kappa shape index (κ1) is 17.1. The van der Waals surface area contributed by atoms with Crippen molar-refractivity contribution in [1.29, 1.82) is 0 Å². The van der Waals surface area contributed by atoms with Crippen molar-refractivity contribution in [2.75, 3.05) is 5.75 Å². The van der Waals surface area contributed by atoms with Crippen LogP contribution in [0.5, 0.6) is 0 Å². The molecule has 2 atom stereocenters. The molecule has 122 valence electrons. The minimum atomic E-state index is -3.31. The zero-order chi connectivity index (χ0) is 16.3. The lowest BCUT2D eigenvalue weighted by atomic mass is 10.2. The van der Waals surface area contributed by atoms with Crippen LogP contribution >= 0.6 is 11.6 Å². The molecule has 2 amide bonds. The highest BCUT2D eigenvalue weighted by atomic mass is 35.5. The van der Waals surface area contributed by atoms with Gasteiger partial charge in [0.15, 0.2) is 9.84 Å². The molecule has 0 saturated heterocycles. The molecule has 0 heterocycles. The number of hydrogen-bond donors (Lipinski definition) is 2. The minimum absolute atomic E-state index is 0.0147. The summed E-state index contributed by atoms with van der Waals surface area (Å²) in [7, 11) is -3.31. The summed E-state index contributed by atoms with van der Waals surface area (Å²) in [5.74, 6) is 0.596. The summed E-state index contributed by atoms with van der Waals surface area (Å²) in [4.78, 5) is 12.0. The lowest BCUT2D eigenvalue weighted by Crippen LogP contribution is -2.37. The molecular formula is C15H21ClN2O3S. The number of nitrogens with one attached hydrogen (secondary N) is 2. The van der Waals surface area contributed by atoms with Gasteiger partial charge in [-0.15, -0.1) is 0 Å². The van der Waals surface area contributed by atoms with Gasteiger partial charge in [-0.2, -0.15) is 0 Å². The molecule has 0 bridgehead atoms. The second-order valence-electron chi connectivity index (χ2n) is 5.54. The summed E-state index contributed by atoms with van der Waals surface area (Å²) in [5, 5.41) is 5.98. The molecule has 22 heavy (non-hydrogen) atoms. The highest BCUT2D eigenvalue weighted by molar-refractivity contribution is 7.91.